The Morgan fingerprint density at radius 1 is 1.19 bits per heavy atom. The van der Waals surface area contributed by atoms with Crippen LogP contribution in [0, 0.1) is 13.8 Å². The molecule has 0 fully saturated rings. The summed E-state index contributed by atoms with van der Waals surface area (Å²) in [5, 5.41) is 0. The van der Waals surface area contributed by atoms with Gasteiger partial charge in [0.15, 0.2) is 0 Å². The van der Waals surface area contributed by atoms with Gasteiger partial charge in [-0.25, -0.2) is 0 Å². The van der Waals surface area contributed by atoms with Gasteiger partial charge in [0.25, 0.3) is 5.91 Å². The molecule has 16 heavy (non-hydrogen) atoms. The van der Waals surface area contributed by atoms with Crippen LogP contribution in [0.3, 0.4) is 0 Å². The van der Waals surface area contributed by atoms with Gasteiger partial charge < -0.3 is 4.90 Å². The minimum absolute atomic E-state index is 0. The third-order valence-electron chi connectivity index (χ3n) is 2.89. The first kappa shape index (κ1) is 15.0. The third-order valence-corrected chi connectivity index (χ3v) is 2.89. The Labute approximate surface area is 104 Å². The Morgan fingerprint density at radius 3 is 2.25 bits per heavy atom. The average Bonchev–Trinajstić information content (AvgIpc) is 2.23. The molecule has 0 aromatic heterocycles. The highest BCUT2D eigenvalue weighted by atomic mass is 35.5. The lowest BCUT2D eigenvalue weighted by Gasteiger charge is -2.20. The van der Waals surface area contributed by atoms with E-state index in [9.17, 15) is 4.79 Å². The molecule has 0 aliphatic rings. The molecule has 0 saturated heterocycles. The van der Waals surface area contributed by atoms with Gasteiger partial charge in [-0.1, -0.05) is 12.1 Å². The molecule has 0 radical (unpaired) electrons. The zero-order valence-corrected chi connectivity index (χ0v) is 11.2. The topological polar surface area (TPSA) is 20.3 Å². The van der Waals surface area contributed by atoms with E-state index in [1.165, 1.54) is 5.56 Å². The molecule has 0 N–H and O–H groups in total. The summed E-state index contributed by atoms with van der Waals surface area (Å²) in [7, 11) is 0. The molecule has 0 heterocycles. The molecule has 0 unspecified atom stereocenters. The lowest BCUT2D eigenvalue weighted by atomic mass is 10.0. The molecule has 3 heteroatoms. The van der Waals surface area contributed by atoms with Crippen molar-refractivity contribution in [1.82, 2.24) is 4.90 Å². The first-order chi connectivity index (χ1) is 7.11. The number of carbonyl (C=O) groups excluding carboxylic acids is 1. The molecule has 0 spiro atoms. The number of hydrogen-bond donors (Lipinski definition) is 0. The van der Waals surface area contributed by atoms with Gasteiger partial charge in [0.05, 0.1) is 0 Å². The number of nitrogens with zero attached hydrogens (tertiary/aromatic N) is 1. The maximum atomic E-state index is 12.1. The molecule has 90 valence electrons. The van der Waals surface area contributed by atoms with Gasteiger partial charge >= 0.3 is 0 Å². The summed E-state index contributed by atoms with van der Waals surface area (Å²) in [4.78, 5) is 14.0. The highest BCUT2D eigenvalue weighted by Gasteiger charge is 2.14. The second-order valence-electron chi connectivity index (χ2n) is 3.72. The standard InChI is InChI=1S/C13H19NO.ClH/c1-5-14(6-2)13(15)12-9-7-8-10(3)11(12)4;/h7-9H,5-6H2,1-4H3;1H. The predicted molar refractivity (Wildman–Crippen MR) is 70.4 cm³/mol. The monoisotopic (exact) mass is 241 g/mol. The van der Waals surface area contributed by atoms with E-state index in [1.54, 1.807) is 0 Å². The van der Waals surface area contributed by atoms with Crippen molar-refractivity contribution in [3.63, 3.8) is 0 Å². The van der Waals surface area contributed by atoms with Crippen molar-refractivity contribution in [1.29, 1.82) is 0 Å². The Morgan fingerprint density at radius 2 is 1.75 bits per heavy atom. The molecule has 2 nitrogen and oxygen atoms in total. The summed E-state index contributed by atoms with van der Waals surface area (Å²) in [6.45, 7) is 9.59. The molecular formula is C13H20ClNO. The average molecular weight is 242 g/mol. The zero-order chi connectivity index (χ0) is 11.4. The Bertz CT molecular complexity index is 359. The van der Waals surface area contributed by atoms with Crippen LogP contribution >= 0.6 is 12.4 Å². The van der Waals surface area contributed by atoms with Crippen molar-refractivity contribution >= 4 is 18.3 Å². The molecule has 0 saturated carbocycles. The smallest absolute Gasteiger partial charge is 0.254 e. The van der Waals surface area contributed by atoms with Crippen molar-refractivity contribution in [3.8, 4) is 0 Å². The molecule has 1 aromatic rings. The van der Waals surface area contributed by atoms with Crippen LogP contribution < -0.4 is 0 Å². The number of carbonyl (C=O) groups is 1. The van der Waals surface area contributed by atoms with E-state index in [0.717, 1.165) is 24.2 Å². The lowest BCUT2D eigenvalue weighted by Crippen LogP contribution is -2.31. The van der Waals surface area contributed by atoms with Crippen LogP contribution in [0.2, 0.25) is 0 Å². The maximum Gasteiger partial charge on any atom is 0.254 e. The second kappa shape index (κ2) is 6.54. The van der Waals surface area contributed by atoms with Crippen LogP contribution in [-0.4, -0.2) is 23.9 Å². The van der Waals surface area contributed by atoms with Crippen LogP contribution in [-0.2, 0) is 0 Å². The molecule has 1 rings (SSSR count). The number of amides is 1. The van der Waals surface area contributed by atoms with Gasteiger partial charge in [-0.2, -0.15) is 0 Å². The number of rotatable bonds is 3. The van der Waals surface area contributed by atoms with Crippen LogP contribution in [0.1, 0.15) is 35.3 Å². The largest absolute Gasteiger partial charge is 0.339 e. The second-order valence-corrected chi connectivity index (χ2v) is 3.72. The van der Waals surface area contributed by atoms with Crippen LogP contribution in [0.4, 0.5) is 0 Å². The van der Waals surface area contributed by atoms with Crippen LogP contribution in [0.25, 0.3) is 0 Å². The van der Waals surface area contributed by atoms with Gasteiger partial charge in [0.2, 0.25) is 0 Å². The fraction of sp³-hybridized carbons (Fsp3) is 0.462. The van der Waals surface area contributed by atoms with Gasteiger partial charge in [-0.3, -0.25) is 4.79 Å². The number of benzene rings is 1. The maximum absolute atomic E-state index is 12.1. The summed E-state index contributed by atoms with van der Waals surface area (Å²) in [5.41, 5.74) is 3.10. The SMILES string of the molecule is CCN(CC)C(=O)c1cccc(C)c1C.Cl. The normalized spacial score (nSPS) is 9.50. The van der Waals surface area contributed by atoms with Crippen molar-refractivity contribution in [2.45, 2.75) is 27.7 Å². The van der Waals surface area contributed by atoms with Crippen molar-refractivity contribution in [2.24, 2.45) is 0 Å². The minimum atomic E-state index is 0. The molecule has 0 atom stereocenters. The summed E-state index contributed by atoms with van der Waals surface area (Å²) < 4.78 is 0. The van der Waals surface area contributed by atoms with Gasteiger partial charge in [-0.15, -0.1) is 12.4 Å². The first-order valence-corrected chi connectivity index (χ1v) is 5.47. The van der Waals surface area contributed by atoms with Crippen molar-refractivity contribution in [3.05, 3.63) is 34.9 Å². The zero-order valence-electron chi connectivity index (χ0n) is 10.4. The van der Waals surface area contributed by atoms with Gasteiger partial charge in [-0.05, 0) is 44.9 Å². The molecular weight excluding hydrogens is 222 g/mol. The fourth-order valence-corrected chi connectivity index (χ4v) is 1.66. The van der Waals surface area contributed by atoms with E-state index in [4.69, 9.17) is 0 Å². The Hall–Kier alpha value is -1.02. The van der Waals surface area contributed by atoms with Crippen LogP contribution in [0.15, 0.2) is 18.2 Å². The molecule has 1 amide bonds. The van der Waals surface area contributed by atoms with Gasteiger partial charge in [0, 0.05) is 18.7 Å². The molecule has 0 aliphatic heterocycles. The minimum Gasteiger partial charge on any atom is -0.339 e. The molecule has 0 bridgehead atoms. The summed E-state index contributed by atoms with van der Waals surface area (Å²) in [5.74, 6) is 0.140. The van der Waals surface area contributed by atoms with E-state index in [2.05, 4.69) is 0 Å². The van der Waals surface area contributed by atoms with Gasteiger partial charge in [0.1, 0.15) is 0 Å². The Balaban J connectivity index is 0.00000225. The van der Waals surface area contributed by atoms with E-state index in [1.807, 2.05) is 50.8 Å². The molecule has 0 aliphatic carbocycles. The summed E-state index contributed by atoms with van der Waals surface area (Å²) >= 11 is 0. The quantitative estimate of drug-likeness (QED) is 0.796. The van der Waals surface area contributed by atoms with Crippen LogP contribution in [0.5, 0.6) is 0 Å². The summed E-state index contributed by atoms with van der Waals surface area (Å²) in [6.07, 6.45) is 0. The first-order valence-electron chi connectivity index (χ1n) is 5.47. The number of aryl methyl sites for hydroxylation is 1. The molecule has 1 aromatic carbocycles. The third kappa shape index (κ3) is 2.99. The van der Waals surface area contributed by atoms with E-state index in [-0.39, 0.29) is 18.3 Å². The van der Waals surface area contributed by atoms with Crippen molar-refractivity contribution in [2.75, 3.05) is 13.1 Å². The summed E-state index contributed by atoms with van der Waals surface area (Å²) in [6, 6.07) is 5.89. The highest BCUT2D eigenvalue weighted by Crippen LogP contribution is 2.14. The van der Waals surface area contributed by atoms with Crippen molar-refractivity contribution < 1.29 is 4.79 Å². The van der Waals surface area contributed by atoms with E-state index in [0.29, 0.717) is 0 Å². The predicted octanol–water partition coefficient (Wildman–Crippen LogP) is 3.21. The number of hydrogen-bond acceptors (Lipinski definition) is 1. The Kier molecular flexibility index (Phi) is 6.12. The lowest BCUT2D eigenvalue weighted by molar-refractivity contribution is 0.0772. The van der Waals surface area contributed by atoms with E-state index < -0.39 is 0 Å². The van der Waals surface area contributed by atoms with E-state index >= 15 is 0 Å². The highest BCUT2D eigenvalue weighted by molar-refractivity contribution is 5.95. The number of halogens is 1. The fourth-order valence-electron chi connectivity index (χ4n) is 1.66.